The standard InChI is InChI=1S/C7H9BrN2O/c1-5(11)2-7-9-3-6(8)4-10-7/h3-5,11H,2H2,1H3/t5-/m0/s1. The molecule has 0 aliphatic heterocycles. The molecule has 0 saturated heterocycles. The summed E-state index contributed by atoms with van der Waals surface area (Å²) < 4.78 is 0.854. The third-order valence-electron chi connectivity index (χ3n) is 1.15. The van der Waals surface area contributed by atoms with E-state index in [4.69, 9.17) is 5.11 Å². The molecule has 4 heteroatoms. The third kappa shape index (κ3) is 2.95. The van der Waals surface area contributed by atoms with Crippen LogP contribution in [0.1, 0.15) is 12.7 Å². The van der Waals surface area contributed by atoms with Crippen LogP contribution >= 0.6 is 15.9 Å². The van der Waals surface area contributed by atoms with E-state index in [0.717, 1.165) is 4.47 Å². The maximum atomic E-state index is 8.98. The van der Waals surface area contributed by atoms with Gasteiger partial charge in [0.05, 0.1) is 10.6 Å². The van der Waals surface area contributed by atoms with Crippen molar-refractivity contribution in [3.63, 3.8) is 0 Å². The van der Waals surface area contributed by atoms with E-state index >= 15 is 0 Å². The predicted molar refractivity (Wildman–Crippen MR) is 45.1 cm³/mol. The molecule has 0 aliphatic carbocycles. The van der Waals surface area contributed by atoms with Crippen LogP contribution in [0, 0.1) is 0 Å². The smallest absolute Gasteiger partial charge is 0.130 e. The molecule has 1 atom stereocenters. The van der Waals surface area contributed by atoms with Gasteiger partial charge in [0.2, 0.25) is 0 Å². The van der Waals surface area contributed by atoms with Gasteiger partial charge in [-0.25, -0.2) is 9.97 Å². The van der Waals surface area contributed by atoms with Gasteiger partial charge in [0.15, 0.2) is 0 Å². The zero-order valence-corrected chi connectivity index (χ0v) is 7.74. The summed E-state index contributed by atoms with van der Waals surface area (Å²) in [6.45, 7) is 1.71. The van der Waals surface area contributed by atoms with Gasteiger partial charge in [-0.05, 0) is 22.9 Å². The largest absolute Gasteiger partial charge is 0.393 e. The van der Waals surface area contributed by atoms with E-state index in [1.165, 1.54) is 0 Å². The van der Waals surface area contributed by atoms with E-state index in [-0.39, 0.29) is 6.10 Å². The van der Waals surface area contributed by atoms with Gasteiger partial charge in [0.25, 0.3) is 0 Å². The highest BCUT2D eigenvalue weighted by atomic mass is 79.9. The van der Waals surface area contributed by atoms with Crippen molar-refractivity contribution in [3.05, 3.63) is 22.7 Å². The number of aliphatic hydroxyl groups excluding tert-OH is 1. The number of hydrogen-bond acceptors (Lipinski definition) is 3. The number of aromatic nitrogens is 2. The number of aliphatic hydroxyl groups is 1. The van der Waals surface area contributed by atoms with Crippen molar-refractivity contribution in [2.75, 3.05) is 0 Å². The maximum absolute atomic E-state index is 8.98. The van der Waals surface area contributed by atoms with E-state index < -0.39 is 0 Å². The molecule has 11 heavy (non-hydrogen) atoms. The average molecular weight is 217 g/mol. The fourth-order valence-corrected chi connectivity index (χ4v) is 0.913. The van der Waals surface area contributed by atoms with E-state index in [1.54, 1.807) is 19.3 Å². The summed E-state index contributed by atoms with van der Waals surface area (Å²) in [5, 5.41) is 8.98. The van der Waals surface area contributed by atoms with E-state index in [0.29, 0.717) is 12.2 Å². The second-order valence-electron chi connectivity index (χ2n) is 2.37. The first-order valence-electron chi connectivity index (χ1n) is 3.33. The number of halogens is 1. The lowest BCUT2D eigenvalue weighted by Crippen LogP contribution is -2.07. The van der Waals surface area contributed by atoms with Crippen LogP contribution in [0.5, 0.6) is 0 Å². The minimum absolute atomic E-state index is 0.379. The van der Waals surface area contributed by atoms with Gasteiger partial charge in [-0.2, -0.15) is 0 Å². The Hall–Kier alpha value is -0.480. The van der Waals surface area contributed by atoms with Gasteiger partial charge in [-0.15, -0.1) is 0 Å². The highest BCUT2D eigenvalue weighted by Gasteiger charge is 2.00. The van der Waals surface area contributed by atoms with Crippen molar-refractivity contribution in [2.24, 2.45) is 0 Å². The molecule has 0 unspecified atom stereocenters. The lowest BCUT2D eigenvalue weighted by Gasteiger charge is -2.00. The van der Waals surface area contributed by atoms with Crippen molar-refractivity contribution in [3.8, 4) is 0 Å². The van der Waals surface area contributed by atoms with Gasteiger partial charge < -0.3 is 5.11 Å². The molecule has 0 bridgehead atoms. The lowest BCUT2D eigenvalue weighted by molar-refractivity contribution is 0.193. The van der Waals surface area contributed by atoms with Gasteiger partial charge in [-0.3, -0.25) is 0 Å². The molecule has 1 aromatic rings. The summed E-state index contributed by atoms with van der Waals surface area (Å²) in [7, 11) is 0. The van der Waals surface area contributed by atoms with Crippen LogP contribution in [0.3, 0.4) is 0 Å². The van der Waals surface area contributed by atoms with Crippen LogP contribution < -0.4 is 0 Å². The summed E-state index contributed by atoms with van der Waals surface area (Å²) in [6.07, 6.45) is 3.47. The minimum Gasteiger partial charge on any atom is -0.393 e. The Morgan fingerprint density at radius 3 is 2.55 bits per heavy atom. The van der Waals surface area contributed by atoms with Crippen LogP contribution in [0.15, 0.2) is 16.9 Å². The fraction of sp³-hybridized carbons (Fsp3) is 0.429. The summed E-state index contributed by atoms with van der Waals surface area (Å²) in [5.41, 5.74) is 0. The molecule has 1 rings (SSSR count). The monoisotopic (exact) mass is 216 g/mol. The van der Waals surface area contributed by atoms with Gasteiger partial charge >= 0.3 is 0 Å². The first kappa shape index (κ1) is 8.62. The van der Waals surface area contributed by atoms with Crippen molar-refractivity contribution in [1.82, 2.24) is 9.97 Å². The summed E-state index contributed by atoms with van der Waals surface area (Å²) in [4.78, 5) is 8.00. The Bertz CT molecular complexity index is 222. The average Bonchev–Trinajstić information content (AvgIpc) is 1.93. The fourth-order valence-electron chi connectivity index (χ4n) is 0.709. The van der Waals surface area contributed by atoms with E-state index in [2.05, 4.69) is 25.9 Å². The highest BCUT2D eigenvalue weighted by molar-refractivity contribution is 9.10. The van der Waals surface area contributed by atoms with Crippen molar-refractivity contribution < 1.29 is 5.11 Å². The third-order valence-corrected chi connectivity index (χ3v) is 1.56. The molecular weight excluding hydrogens is 208 g/mol. The van der Waals surface area contributed by atoms with Gasteiger partial charge in [-0.1, -0.05) is 0 Å². The number of nitrogens with zero attached hydrogens (tertiary/aromatic N) is 2. The van der Waals surface area contributed by atoms with Crippen LogP contribution in [0.4, 0.5) is 0 Å². The molecule has 3 nitrogen and oxygen atoms in total. The minimum atomic E-state index is -0.379. The molecule has 1 N–H and O–H groups in total. The Labute approximate surface area is 73.6 Å². The molecule has 0 fully saturated rings. The summed E-state index contributed by atoms with van der Waals surface area (Å²) in [6, 6.07) is 0. The Morgan fingerprint density at radius 1 is 1.55 bits per heavy atom. The molecule has 0 radical (unpaired) electrons. The summed E-state index contributed by atoms with van der Waals surface area (Å²) >= 11 is 3.22. The maximum Gasteiger partial charge on any atom is 0.130 e. The molecule has 0 spiro atoms. The van der Waals surface area contributed by atoms with E-state index in [1.807, 2.05) is 0 Å². The lowest BCUT2D eigenvalue weighted by atomic mass is 10.3. The quantitative estimate of drug-likeness (QED) is 0.808. The molecule has 0 aliphatic rings. The molecule has 0 aromatic carbocycles. The van der Waals surface area contributed by atoms with Gasteiger partial charge in [0, 0.05) is 18.8 Å². The Balaban J connectivity index is 2.66. The predicted octanol–water partition coefficient (Wildman–Crippen LogP) is 1.16. The second kappa shape index (κ2) is 3.78. The van der Waals surface area contributed by atoms with Crippen LogP contribution in [-0.2, 0) is 6.42 Å². The van der Waals surface area contributed by atoms with Gasteiger partial charge in [0.1, 0.15) is 5.82 Å². The van der Waals surface area contributed by atoms with Crippen LogP contribution in [0.2, 0.25) is 0 Å². The molecule has 0 saturated carbocycles. The van der Waals surface area contributed by atoms with Crippen molar-refractivity contribution in [1.29, 1.82) is 0 Å². The molecule has 1 aromatic heterocycles. The Morgan fingerprint density at radius 2 is 2.09 bits per heavy atom. The van der Waals surface area contributed by atoms with Crippen LogP contribution in [-0.4, -0.2) is 21.2 Å². The number of hydrogen-bond donors (Lipinski definition) is 1. The molecule has 0 amide bonds. The van der Waals surface area contributed by atoms with E-state index in [9.17, 15) is 0 Å². The normalized spacial score (nSPS) is 13.0. The SMILES string of the molecule is C[C@H](O)Cc1ncc(Br)cn1. The first-order chi connectivity index (χ1) is 5.18. The second-order valence-corrected chi connectivity index (χ2v) is 3.29. The first-order valence-corrected chi connectivity index (χ1v) is 4.12. The molecular formula is C7H9BrN2O. The zero-order valence-electron chi connectivity index (χ0n) is 6.16. The van der Waals surface area contributed by atoms with Crippen LogP contribution in [0.25, 0.3) is 0 Å². The van der Waals surface area contributed by atoms with Crippen molar-refractivity contribution >= 4 is 15.9 Å². The topological polar surface area (TPSA) is 46.0 Å². The highest BCUT2D eigenvalue weighted by Crippen LogP contribution is 2.05. The zero-order chi connectivity index (χ0) is 8.27. The Kier molecular flexibility index (Phi) is 2.96. The summed E-state index contributed by atoms with van der Waals surface area (Å²) in [5.74, 6) is 0.670. The molecule has 1 heterocycles. The van der Waals surface area contributed by atoms with Crippen molar-refractivity contribution in [2.45, 2.75) is 19.4 Å². The molecule has 60 valence electrons. The number of rotatable bonds is 2.